The highest BCUT2D eigenvalue weighted by molar-refractivity contribution is 5.38. The van der Waals surface area contributed by atoms with Gasteiger partial charge in [0.25, 0.3) is 0 Å². The Balaban J connectivity index is 1.41. The molecular formula is C28H43F2NO2. The lowest BCUT2D eigenvalue weighted by molar-refractivity contribution is 0.0227. The molecule has 3 aliphatic carbocycles. The van der Waals surface area contributed by atoms with E-state index in [1.165, 1.54) is 31.3 Å². The number of aliphatic hydroxyl groups excluding tert-OH is 2. The molecule has 4 aliphatic rings. The van der Waals surface area contributed by atoms with Crippen molar-refractivity contribution in [2.24, 2.45) is 29.1 Å². The van der Waals surface area contributed by atoms with Crippen molar-refractivity contribution in [3.63, 3.8) is 0 Å². The predicted octanol–water partition coefficient (Wildman–Crippen LogP) is 5.74. The number of alkyl halides is 2. The number of likely N-dealkylation sites (tertiary alicyclic amines) is 1. The van der Waals surface area contributed by atoms with Crippen LogP contribution in [0.1, 0.15) is 71.6 Å². The van der Waals surface area contributed by atoms with Gasteiger partial charge in [-0.3, -0.25) is 0 Å². The second kappa shape index (κ2) is 10.3. The van der Waals surface area contributed by atoms with Crippen LogP contribution in [-0.2, 0) is 0 Å². The van der Waals surface area contributed by atoms with E-state index in [0.717, 1.165) is 37.2 Å². The van der Waals surface area contributed by atoms with E-state index in [1.54, 1.807) is 0 Å². The number of hydrogen-bond acceptors (Lipinski definition) is 3. The van der Waals surface area contributed by atoms with Gasteiger partial charge in [0.1, 0.15) is 0 Å². The van der Waals surface area contributed by atoms with Crippen molar-refractivity contribution in [3.8, 4) is 0 Å². The number of piperidine rings is 1. The smallest absolute Gasteiger partial charge is 0.241 e. The Bertz CT molecular complexity index is 770. The van der Waals surface area contributed by atoms with Crippen molar-refractivity contribution >= 4 is 0 Å². The Labute approximate surface area is 198 Å². The highest BCUT2D eigenvalue weighted by atomic mass is 19.3. The second-order valence-corrected chi connectivity index (χ2v) is 11.6. The topological polar surface area (TPSA) is 43.7 Å². The molecule has 2 unspecified atom stereocenters. The van der Waals surface area contributed by atoms with E-state index >= 15 is 0 Å². The molecular weight excluding hydrogens is 420 g/mol. The fourth-order valence-corrected chi connectivity index (χ4v) is 7.60. The SMILES string of the molecule is C=C1/C(=C\C=C2/CCC[C@]3(C)[C@@H]([C@@H](C)CN4CCC(C(F)F)CC4)CC[C@@H]23)CC(O)CC1O. The van der Waals surface area contributed by atoms with Crippen molar-refractivity contribution in [1.82, 2.24) is 4.90 Å². The van der Waals surface area contributed by atoms with Gasteiger partial charge < -0.3 is 15.1 Å². The van der Waals surface area contributed by atoms with E-state index in [0.29, 0.717) is 48.9 Å². The van der Waals surface area contributed by atoms with Gasteiger partial charge >= 0.3 is 0 Å². The first-order valence-corrected chi connectivity index (χ1v) is 13.1. The van der Waals surface area contributed by atoms with Crippen LogP contribution < -0.4 is 0 Å². The van der Waals surface area contributed by atoms with Gasteiger partial charge in [-0.05, 0) is 98.8 Å². The Morgan fingerprint density at radius 3 is 2.58 bits per heavy atom. The molecule has 0 aromatic rings. The number of nitrogens with zero attached hydrogens (tertiary/aromatic N) is 1. The molecule has 186 valence electrons. The molecule has 0 amide bonds. The summed E-state index contributed by atoms with van der Waals surface area (Å²) >= 11 is 0. The predicted molar refractivity (Wildman–Crippen MR) is 129 cm³/mol. The lowest BCUT2D eigenvalue weighted by atomic mass is 9.61. The van der Waals surface area contributed by atoms with Crippen LogP contribution >= 0.6 is 0 Å². The van der Waals surface area contributed by atoms with Crippen LogP contribution in [0.15, 0.2) is 35.5 Å². The molecule has 1 saturated heterocycles. The van der Waals surface area contributed by atoms with Crippen LogP contribution in [0.4, 0.5) is 8.78 Å². The van der Waals surface area contributed by atoms with Gasteiger partial charge in [0.15, 0.2) is 0 Å². The van der Waals surface area contributed by atoms with Crippen molar-refractivity contribution in [3.05, 3.63) is 35.5 Å². The van der Waals surface area contributed by atoms with E-state index in [4.69, 9.17) is 0 Å². The summed E-state index contributed by atoms with van der Waals surface area (Å²) in [6.07, 6.45) is 9.36. The Morgan fingerprint density at radius 2 is 1.88 bits per heavy atom. The Kier molecular flexibility index (Phi) is 7.82. The summed E-state index contributed by atoms with van der Waals surface area (Å²) in [7, 11) is 0. The summed E-state index contributed by atoms with van der Waals surface area (Å²) in [6.45, 7) is 11.6. The van der Waals surface area contributed by atoms with E-state index in [9.17, 15) is 19.0 Å². The largest absolute Gasteiger partial charge is 0.393 e. The molecule has 4 fully saturated rings. The summed E-state index contributed by atoms with van der Waals surface area (Å²) < 4.78 is 26.0. The molecule has 1 heterocycles. The fraction of sp³-hybridized carbons (Fsp3) is 0.786. The van der Waals surface area contributed by atoms with E-state index < -0.39 is 24.6 Å². The van der Waals surface area contributed by atoms with Crippen molar-refractivity contribution in [2.45, 2.75) is 90.3 Å². The molecule has 33 heavy (non-hydrogen) atoms. The number of aliphatic hydroxyl groups is 2. The van der Waals surface area contributed by atoms with Crippen LogP contribution in [-0.4, -0.2) is 53.4 Å². The molecule has 0 bridgehead atoms. The average Bonchev–Trinajstić information content (AvgIpc) is 3.13. The number of fused-ring (bicyclic) bond motifs is 1. The van der Waals surface area contributed by atoms with Crippen LogP contribution in [0, 0.1) is 29.1 Å². The number of rotatable bonds is 5. The normalized spacial score (nSPS) is 40.0. The molecule has 2 N–H and O–H groups in total. The molecule has 4 rings (SSSR count). The van der Waals surface area contributed by atoms with E-state index in [1.807, 2.05) is 0 Å². The maximum absolute atomic E-state index is 13.0. The standard InChI is InChI=1S/C28H43F2NO2/c1-18(17-31-13-10-21(11-14-31)27(29)30)24-8-9-25-20(5-4-12-28(24,25)3)6-7-22-15-23(32)16-26(33)19(22)2/h6-7,18,21,23-27,32-33H,2,4-5,8-17H2,1,3H3/b20-6+,22-7-/t18-,23?,24+,25-,26?,28+/m0/s1. The molecule has 0 aromatic carbocycles. The fourth-order valence-electron chi connectivity index (χ4n) is 7.60. The zero-order chi connectivity index (χ0) is 23.8. The molecule has 5 heteroatoms. The quantitative estimate of drug-likeness (QED) is 0.546. The number of allylic oxidation sites excluding steroid dienone is 3. The van der Waals surface area contributed by atoms with Crippen LogP contribution in [0.2, 0.25) is 0 Å². The van der Waals surface area contributed by atoms with Crippen molar-refractivity contribution < 1.29 is 19.0 Å². The van der Waals surface area contributed by atoms with E-state index in [-0.39, 0.29) is 0 Å². The first-order valence-electron chi connectivity index (χ1n) is 13.1. The first kappa shape index (κ1) is 25.1. The highest BCUT2D eigenvalue weighted by Gasteiger charge is 2.50. The maximum Gasteiger partial charge on any atom is 0.241 e. The van der Waals surface area contributed by atoms with Gasteiger partial charge in [0.2, 0.25) is 6.43 Å². The monoisotopic (exact) mass is 463 g/mol. The Morgan fingerprint density at radius 1 is 1.15 bits per heavy atom. The zero-order valence-corrected chi connectivity index (χ0v) is 20.5. The molecule has 6 atom stereocenters. The summed E-state index contributed by atoms with van der Waals surface area (Å²) in [6, 6.07) is 0. The third-order valence-corrected chi connectivity index (χ3v) is 9.52. The summed E-state index contributed by atoms with van der Waals surface area (Å²) in [5.74, 6) is 1.42. The van der Waals surface area contributed by atoms with Gasteiger partial charge in [-0.25, -0.2) is 8.78 Å². The first-order chi connectivity index (χ1) is 15.7. The molecule has 3 saturated carbocycles. The summed E-state index contributed by atoms with van der Waals surface area (Å²) in [5.41, 5.74) is 3.55. The van der Waals surface area contributed by atoms with Gasteiger partial charge in [-0.2, -0.15) is 0 Å². The second-order valence-electron chi connectivity index (χ2n) is 11.6. The van der Waals surface area contributed by atoms with Crippen LogP contribution in [0.25, 0.3) is 0 Å². The molecule has 1 aliphatic heterocycles. The third-order valence-electron chi connectivity index (χ3n) is 9.52. The number of halogens is 2. The minimum Gasteiger partial charge on any atom is -0.393 e. The zero-order valence-electron chi connectivity index (χ0n) is 20.5. The molecule has 0 aromatic heterocycles. The summed E-state index contributed by atoms with van der Waals surface area (Å²) in [5, 5.41) is 20.2. The maximum atomic E-state index is 13.0. The summed E-state index contributed by atoms with van der Waals surface area (Å²) in [4.78, 5) is 2.43. The van der Waals surface area contributed by atoms with Gasteiger partial charge in [-0.1, -0.05) is 38.2 Å². The van der Waals surface area contributed by atoms with Crippen LogP contribution in [0.5, 0.6) is 0 Å². The van der Waals surface area contributed by atoms with E-state index in [2.05, 4.69) is 37.5 Å². The van der Waals surface area contributed by atoms with Crippen LogP contribution in [0.3, 0.4) is 0 Å². The van der Waals surface area contributed by atoms with Gasteiger partial charge in [0, 0.05) is 18.9 Å². The third kappa shape index (κ3) is 5.31. The minimum atomic E-state index is -2.17. The van der Waals surface area contributed by atoms with Crippen molar-refractivity contribution in [2.75, 3.05) is 19.6 Å². The molecule has 0 spiro atoms. The molecule has 3 nitrogen and oxygen atoms in total. The average molecular weight is 464 g/mol. The molecule has 0 radical (unpaired) electrons. The minimum absolute atomic E-state index is 0.298. The Hall–Kier alpha value is -1.04. The number of hydrogen-bond donors (Lipinski definition) is 2. The van der Waals surface area contributed by atoms with Crippen molar-refractivity contribution in [1.29, 1.82) is 0 Å². The lowest BCUT2D eigenvalue weighted by Crippen LogP contribution is -2.42. The van der Waals surface area contributed by atoms with Gasteiger partial charge in [-0.15, -0.1) is 0 Å². The highest BCUT2D eigenvalue weighted by Crippen LogP contribution is 2.59. The lowest BCUT2D eigenvalue weighted by Gasteiger charge is -2.45. The van der Waals surface area contributed by atoms with Gasteiger partial charge in [0.05, 0.1) is 12.2 Å².